The van der Waals surface area contributed by atoms with Crippen LogP contribution in [-0.2, 0) is 12.8 Å². The Labute approximate surface area is 111 Å². The highest BCUT2D eigenvalue weighted by atomic mass is 35.5. The first kappa shape index (κ1) is 11.7. The first-order valence-electron chi connectivity index (χ1n) is 6.25. The van der Waals surface area contributed by atoms with Crippen LogP contribution in [0, 0.1) is 5.82 Å². The summed E-state index contributed by atoms with van der Waals surface area (Å²) in [5, 5.41) is -0.272. The van der Waals surface area contributed by atoms with Crippen molar-refractivity contribution in [1.82, 2.24) is 0 Å². The van der Waals surface area contributed by atoms with Gasteiger partial charge in [-0.2, -0.15) is 0 Å². The predicted molar refractivity (Wildman–Crippen MR) is 72.6 cm³/mol. The number of halogens is 2. The number of fused-ring (bicyclic) bond motifs is 1. The fourth-order valence-corrected chi connectivity index (χ4v) is 2.88. The summed E-state index contributed by atoms with van der Waals surface area (Å²) in [7, 11) is 0. The molecule has 0 saturated heterocycles. The molecule has 0 aromatic heterocycles. The SMILES string of the molecule is Fc1cccc(C(Cl)c2ccc3c(c2)CCC3)c1. The van der Waals surface area contributed by atoms with Crippen molar-refractivity contribution in [3.8, 4) is 0 Å². The van der Waals surface area contributed by atoms with Crippen LogP contribution in [0.4, 0.5) is 4.39 Å². The lowest BCUT2D eigenvalue weighted by Crippen LogP contribution is -1.95. The predicted octanol–water partition coefficient (Wildman–Crippen LogP) is 4.64. The van der Waals surface area contributed by atoms with Gasteiger partial charge in [0.25, 0.3) is 0 Å². The van der Waals surface area contributed by atoms with Gasteiger partial charge in [0, 0.05) is 0 Å². The van der Waals surface area contributed by atoms with Gasteiger partial charge in [-0.15, -0.1) is 11.6 Å². The maximum Gasteiger partial charge on any atom is 0.123 e. The summed E-state index contributed by atoms with van der Waals surface area (Å²) in [5.74, 6) is -0.237. The second kappa shape index (κ2) is 4.74. The maximum absolute atomic E-state index is 13.2. The Morgan fingerprint density at radius 2 is 1.72 bits per heavy atom. The lowest BCUT2D eigenvalue weighted by Gasteiger charge is -2.12. The first-order valence-corrected chi connectivity index (χ1v) is 6.69. The monoisotopic (exact) mass is 260 g/mol. The van der Waals surface area contributed by atoms with Crippen LogP contribution in [-0.4, -0.2) is 0 Å². The van der Waals surface area contributed by atoms with Crippen molar-refractivity contribution < 1.29 is 4.39 Å². The zero-order chi connectivity index (χ0) is 12.5. The average Bonchev–Trinajstić information content (AvgIpc) is 2.85. The standard InChI is InChI=1S/C16H14ClF/c17-16(13-5-2-6-15(18)10-13)14-8-7-11-3-1-4-12(11)9-14/h2,5-10,16H,1,3-4H2. The summed E-state index contributed by atoms with van der Waals surface area (Å²) in [6.07, 6.45) is 3.53. The molecule has 0 spiro atoms. The molecule has 0 amide bonds. The minimum Gasteiger partial charge on any atom is -0.207 e. The topological polar surface area (TPSA) is 0 Å². The van der Waals surface area contributed by atoms with Gasteiger partial charge in [-0.1, -0.05) is 30.3 Å². The number of benzene rings is 2. The van der Waals surface area contributed by atoms with Crippen LogP contribution in [0.3, 0.4) is 0 Å². The molecule has 2 heteroatoms. The molecule has 0 fully saturated rings. The normalized spacial score (nSPS) is 15.4. The minimum absolute atomic E-state index is 0.237. The lowest BCUT2D eigenvalue weighted by atomic mass is 10.00. The highest BCUT2D eigenvalue weighted by molar-refractivity contribution is 6.22. The largest absolute Gasteiger partial charge is 0.207 e. The Balaban J connectivity index is 1.95. The van der Waals surface area contributed by atoms with E-state index in [9.17, 15) is 4.39 Å². The Hall–Kier alpha value is -1.34. The Kier molecular flexibility index (Phi) is 3.09. The zero-order valence-corrected chi connectivity index (χ0v) is 10.8. The highest BCUT2D eigenvalue weighted by Crippen LogP contribution is 2.32. The van der Waals surface area contributed by atoms with Crippen molar-refractivity contribution in [2.45, 2.75) is 24.6 Å². The number of hydrogen-bond acceptors (Lipinski definition) is 0. The Bertz CT molecular complexity index is 577. The fraction of sp³-hybridized carbons (Fsp3) is 0.250. The summed E-state index contributed by atoms with van der Waals surface area (Å²) < 4.78 is 13.2. The molecule has 1 aliphatic carbocycles. The smallest absolute Gasteiger partial charge is 0.123 e. The Morgan fingerprint density at radius 3 is 2.56 bits per heavy atom. The van der Waals surface area contributed by atoms with Gasteiger partial charge >= 0.3 is 0 Å². The molecule has 1 unspecified atom stereocenters. The van der Waals surface area contributed by atoms with Crippen LogP contribution in [0.2, 0.25) is 0 Å². The third kappa shape index (κ3) is 2.15. The molecule has 0 saturated carbocycles. The van der Waals surface area contributed by atoms with E-state index in [2.05, 4.69) is 18.2 Å². The molecule has 1 aliphatic rings. The second-order valence-electron chi connectivity index (χ2n) is 4.80. The quantitative estimate of drug-likeness (QED) is 0.690. The summed E-state index contributed by atoms with van der Waals surface area (Å²) >= 11 is 6.44. The Morgan fingerprint density at radius 1 is 0.944 bits per heavy atom. The van der Waals surface area contributed by atoms with E-state index in [1.807, 2.05) is 6.07 Å². The number of hydrogen-bond donors (Lipinski definition) is 0. The molecule has 1 atom stereocenters. The van der Waals surface area contributed by atoms with Crippen molar-refractivity contribution in [1.29, 1.82) is 0 Å². The van der Waals surface area contributed by atoms with E-state index in [-0.39, 0.29) is 11.2 Å². The van der Waals surface area contributed by atoms with Crippen molar-refractivity contribution >= 4 is 11.6 Å². The van der Waals surface area contributed by atoms with Gasteiger partial charge in [0.2, 0.25) is 0 Å². The van der Waals surface area contributed by atoms with Gasteiger partial charge in [-0.05, 0) is 53.6 Å². The number of alkyl halides is 1. The molecule has 0 radical (unpaired) electrons. The number of aryl methyl sites for hydroxylation is 2. The molecule has 0 bridgehead atoms. The fourth-order valence-electron chi connectivity index (χ4n) is 2.61. The average molecular weight is 261 g/mol. The van der Waals surface area contributed by atoms with Crippen LogP contribution in [0.5, 0.6) is 0 Å². The van der Waals surface area contributed by atoms with Crippen LogP contribution < -0.4 is 0 Å². The van der Waals surface area contributed by atoms with E-state index in [1.165, 1.54) is 36.1 Å². The molecular weight excluding hydrogens is 247 g/mol. The molecule has 0 heterocycles. The third-order valence-corrected chi connectivity index (χ3v) is 4.06. The second-order valence-corrected chi connectivity index (χ2v) is 5.24. The highest BCUT2D eigenvalue weighted by Gasteiger charge is 2.16. The van der Waals surface area contributed by atoms with Gasteiger partial charge < -0.3 is 0 Å². The summed E-state index contributed by atoms with van der Waals surface area (Å²) in [6, 6.07) is 12.9. The van der Waals surface area contributed by atoms with E-state index in [1.54, 1.807) is 6.07 Å². The van der Waals surface area contributed by atoms with Crippen molar-refractivity contribution in [3.63, 3.8) is 0 Å². The lowest BCUT2D eigenvalue weighted by molar-refractivity contribution is 0.626. The third-order valence-electron chi connectivity index (χ3n) is 3.56. The molecular formula is C16H14ClF. The first-order chi connectivity index (χ1) is 8.74. The van der Waals surface area contributed by atoms with Crippen LogP contribution >= 0.6 is 11.6 Å². The van der Waals surface area contributed by atoms with Gasteiger partial charge in [0.1, 0.15) is 5.82 Å². The van der Waals surface area contributed by atoms with E-state index in [0.29, 0.717) is 0 Å². The molecule has 0 N–H and O–H groups in total. The van der Waals surface area contributed by atoms with Gasteiger partial charge in [-0.3, -0.25) is 0 Å². The molecule has 18 heavy (non-hydrogen) atoms. The van der Waals surface area contributed by atoms with E-state index in [0.717, 1.165) is 17.5 Å². The van der Waals surface area contributed by atoms with Gasteiger partial charge in [0.05, 0.1) is 5.38 Å². The van der Waals surface area contributed by atoms with Crippen molar-refractivity contribution in [2.75, 3.05) is 0 Å². The van der Waals surface area contributed by atoms with E-state index < -0.39 is 0 Å². The van der Waals surface area contributed by atoms with Gasteiger partial charge in [0.15, 0.2) is 0 Å². The van der Waals surface area contributed by atoms with Gasteiger partial charge in [-0.25, -0.2) is 4.39 Å². The number of rotatable bonds is 2. The molecule has 0 aliphatic heterocycles. The van der Waals surface area contributed by atoms with Crippen LogP contribution in [0.1, 0.15) is 34.1 Å². The minimum atomic E-state index is -0.272. The summed E-state index contributed by atoms with van der Waals surface area (Å²) in [5.41, 5.74) is 4.70. The van der Waals surface area contributed by atoms with Crippen LogP contribution in [0.25, 0.3) is 0 Å². The summed E-state index contributed by atoms with van der Waals surface area (Å²) in [4.78, 5) is 0. The van der Waals surface area contributed by atoms with Crippen LogP contribution in [0.15, 0.2) is 42.5 Å². The summed E-state index contributed by atoms with van der Waals surface area (Å²) in [6.45, 7) is 0. The van der Waals surface area contributed by atoms with Crippen molar-refractivity contribution in [3.05, 3.63) is 70.5 Å². The molecule has 92 valence electrons. The molecule has 0 nitrogen and oxygen atoms in total. The van der Waals surface area contributed by atoms with E-state index in [4.69, 9.17) is 11.6 Å². The molecule has 2 aromatic carbocycles. The molecule has 3 rings (SSSR count). The molecule has 2 aromatic rings. The maximum atomic E-state index is 13.2. The van der Waals surface area contributed by atoms with Crippen molar-refractivity contribution in [2.24, 2.45) is 0 Å². The van der Waals surface area contributed by atoms with E-state index >= 15 is 0 Å². The zero-order valence-electron chi connectivity index (χ0n) is 10.00.